The summed E-state index contributed by atoms with van der Waals surface area (Å²) in [5.41, 5.74) is 7.63. The predicted octanol–water partition coefficient (Wildman–Crippen LogP) is 2.86. The van der Waals surface area contributed by atoms with Crippen molar-refractivity contribution in [2.45, 2.75) is 19.4 Å². The standard InChI is InChI=1S/C13H22N2OS/c1-10(7-8-17-4)15(2)11-5-6-12(14)13(9-11)16-3/h5-6,9-10H,7-8,14H2,1-4H3. The Hall–Kier alpha value is -1.03. The highest BCUT2D eigenvalue weighted by Gasteiger charge is 2.11. The van der Waals surface area contributed by atoms with Crippen molar-refractivity contribution in [1.29, 1.82) is 0 Å². The number of ether oxygens (including phenoxy) is 1. The van der Waals surface area contributed by atoms with E-state index in [4.69, 9.17) is 10.5 Å². The molecule has 0 fully saturated rings. The maximum Gasteiger partial charge on any atom is 0.143 e. The van der Waals surface area contributed by atoms with E-state index in [-0.39, 0.29) is 0 Å². The summed E-state index contributed by atoms with van der Waals surface area (Å²) in [6.45, 7) is 2.24. The lowest BCUT2D eigenvalue weighted by molar-refractivity contribution is 0.417. The van der Waals surface area contributed by atoms with Crippen molar-refractivity contribution in [3.63, 3.8) is 0 Å². The van der Waals surface area contributed by atoms with E-state index in [2.05, 4.69) is 25.1 Å². The molecule has 1 rings (SSSR count). The topological polar surface area (TPSA) is 38.5 Å². The monoisotopic (exact) mass is 254 g/mol. The molecule has 0 aliphatic rings. The van der Waals surface area contributed by atoms with Gasteiger partial charge in [-0.1, -0.05) is 0 Å². The van der Waals surface area contributed by atoms with E-state index in [1.54, 1.807) is 7.11 Å². The molecular formula is C13H22N2OS. The van der Waals surface area contributed by atoms with Gasteiger partial charge in [0.25, 0.3) is 0 Å². The van der Waals surface area contributed by atoms with Gasteiger partial charge in [0, 0.05) is 24.8 Å². The smallest absolute Gasteiger partial charge is 0.143 e. The summed E-state index contributed by atoms with van der Waals surface area (Å²) in [7, 11) is 3.75. The minimum Gasteiger partial charge on any atom is -0.495 e. The fraction of sp³-hybridized carbons (Fsp3) is 0.538. The molecule has 0 radical (unpaired) electrons. The van der Waals surface area contributed by atoms with Crippen molar-refractivity contribution in [2.24, 2.45) is 0 Å². The van der Waals surface area contributed by atoms with Crippen LogP contribution < -0.4 is 15.4 Å². The summed E-state index contributed by atoms with van der Waals surface area (Å²) in [5, 5.41) is 0. The minimum absolute atomic E-state index is 0.510. The molecule has 0 saturated heterocycles. The summed E-state index contributed by atoms with van der Waals surface area (Å²) in [6, 6.07) is 6.43. The van der Waals surface area contributed by atoms with Crippen LogP contribution in [0.1, 0.15) is 13.3 Å². The van der Waals surface area contributed by atoms with Crippen molar-refractivity contribution in [3.8, 4) is 5.75 Å². The number of rotatable bonds is 6. The minimum atomic E-state index is 0.510. The van der Waals surface area contributed by atoms with Crippen LogP contribution in [0.25, 0.3) is 0 Å². The normalized spacial score (nSPS) is 12.2. The number of methoxy groups -OCH3 is 1. The molecule has 0 bridgehead atoms. The third-order valence-corrected chi connectivity index (χ3v) is 3.67. The Kier molecular flexibility index (Phi) is 5.48. The third kappa shape index (κ3) is 3.73. The number of hydrogen-bond donors (Lipinski definition) is 1. The molecule has 0 saturated carbocycles. The second kappa shape index (κ2) is 6.64. The van der Waals surface area contributed by atoms with Gasteiger partial charge in [-0.05, 0) is 37.5 Å². The first kappa shape index (κ1) is 14.0. The first-order chi connectivity index (χ1) is 8.10. The zero-order valence-corrected chi connectivity index (χ0v) is 11.9. The van der Waals surface area contributed by atoms with Gasteiger partial charge >= 0.3 is 0 Å². The Morgan fingerprint density at radius 2 is 2.18 bits per heavy atom. The maximum absolute atomic E-state index is 5.81. The Bertz CT molecular complexity index is 357. The molecule has 4 heteroatoms. The second-order valence-corrected chi connectivity index (χ2v) is 5.15. The number of nitrogens with zero attached hydrogens (tertiary/aromatic N) is 1. The van der Waals surface area contributed by atoms with Crippen molar-refractivity contribution in [1.82, 2.24) is 0 Å². The number of thioether (sulfide) groups is 1. The van der Waals surface area contributed by atoms with Gasteiger partial charge in [0.1, 0.15) is 5.75 Å². The van der Waals surface area contributed by atoms with E-state index in [0.29, 0.717) is 11.7 Å². The van der Waals surface area contributed by atoms with Gasteiger partial charge in [0.15, 0.2) is 0 Å². The van der Waals surface area contributed by atoms with Crippen molar-refractivity contribution in [3.05, 3.63) is 18.2 Å². The summed E-state index contributed by atoms with van der Waals surface area (Å²) < 4.78 is 5.24. The first-order valence-electron chi connectivity index (χ1n) is 5.75. The molecule has 0 spiro atoms. The molecule has 3 nitrogen and oxygen atoms in total. The summed E-state index contributed by atoms with van der Waals surface area (Å²) >= 11 is 1.88. The van der Waals surface area contributed by atoms with Gasteiger partial charge < -0.3 is 15.4 Å². The molecule has 17 heavy (non-hydrogen) atoms. The lowest BCUT2D eigenvalue weighted by Gasteiger charge is -2.27. The van der Waals surface area contributed by atoms with Crippen LogP contribution in [0, 0.1) is 0 Å². The summed E-state index contributed by atoms with van der Waals surface area (Å²) in [5.74, 6) is 1.92. The van der Waals surface area contributed by atoms with Crippen LogP contribution in [0.3, 0.4) is 0 Å². The zero-order chi connectivity index (χ0) is 12.8. The van der Waals surface area contributed by atoms with Gasteiger partial charge in [-0.25, -0.2) is 0 Å². The summed E-state index contributed by atoms with van der Waals surface area (Å²) in [6.07, 6.45) is 3.31. The molecular weight excluding hydrogens is 232 g/mol. The highest BCUT2D eigenvalue weighted by molar-refractivity contribution is 7.98. The fourth-order valence-electron chi connectivity index (χ4n) is 1.66. The highest BCUT2D eigenvalue weighted by atomic mass is 32.2. The molecule has 1 atom stereocenters. The fourth-order valence-corrected chi connectivity index (χ4v) is 2.23. The van der Waals surface area contributed by atoms with Gasteiger partial charge in [0.05, 0.1) is 12.8 Å². The quantitative estimate of drug-likeness (QED) is 0.792. The highest BCUT2D eigenvalue weighted by Crippen LogP contribution is 2.28. The van der Waals surface area contributed by atoms with E-state index in [9.17, 15) is 0 Å². The molecule has 0 aliphatic heterocycles. The Labute approximate surface area is 108 Å². The Morgan fingerprint density at radius 3 is 2.76 bits per heavy atom. The average Bonchev–Trinajstić information content (AvgIpc) is 2.35. The molecule has 1 unspecified atom stereocenters. The number of nitrogen functional groups attached to an aromatic ring is 1. The van der Waals surface area contributed by atoms with Gasteiger partial charge in [0.2, 0.25) is 0 Å². The number of anilines is 2. The summed E-state index contributed by atoms with van der Waals surface area (Å²) in [4.78, 5) is 2.26. The van der Waals surface area contributed by atoms with Crippen LogP contribution in [0.5, 0.6) is 5.75 Å². The largest absolute Gasteiger partial charge is 0.495 e. The molecule has 1 aromatic rings. The second-order valence-electron chi connectivity index (χ2n) is 4.17. The van der Waals surface area contributed by atoms with Gasteiger partial charge in [-0.2, -0.15) is 11.8 Å². The van der Waals surface area contributed by atoms with Crippen LogP contribution in [-0.2, 0) is 0 Å². The van der Waals surface area contributed by atoms with Crippen molar-refractivity contribution < 1.29 is 4.74 Å². The molecule has 1 aromatic carbocycles. The first-order valence-corrected chi connectivity index (χ1v) is 7.14. The van der Waals surface area contributed by atoms with E-state index in [1.165, 1.54) is 12.2 Å². The van der Waals surface area contributed by atoms with Crippen LogP contribution in [0.15, 0.2) is 18.2 Å². The van der Waals surface area contributed by atoms with Gasteiger partial charge in [-0.3, -0.25) is 0 Å². The van der Waals surface area contributed by atoms with Crippen LogP contribution in [-0.4, -0.2) is 32.2 Å². The predicted molar refractivity (Wildman–Crippen MR) is 78.3 cm³/mol. The number of benzene rings is 1. The van der Waals surface area contributed by atoms with E-state index < -0.39 is 0 Å². The molecule has 2 N–H and O–H groups in total. The van der Waals surface area contributed by atoms with E-state index in [1.807, 2.05) is 30.0 Å². The number of nitrogens with two attached hydrogens (primary N) is 1. The number of hydrogen-bond acceptors (Lipinski definition) is 4. The maximum atomic E-state index is 5.81. The molecule has 0 amide bonds. The molecule has 96 valence electrons. The Morgan fingerprint density at radius 1 is 1.47 bits per heavy atom. The van der Waals surface area contributed by atoms with Crippen molar-refractivity contribution in [2.75, 3.05) is 36.8 Å². The third-order valence-electron chi connectivity index (χ3n) is 3.03. The lowest BCUT2D eigenvalue weighted by Crippen LogP contribution is -2.29. The van der Waals surface area contributed by atoms with E-state index >= 15 is 0 Å². The lowest BCUT2D eigenvalue weighted by atomic mass is 10.2. The van der Waals surface area contributed by atoms with E-state index in [0.717, 1.165) is 11.4 Å². The average molecular weight is 254 g/mol. The Balaban J connectivity index is 2.77. The van der Waals surface area contributed by atoms with Crippen LogP contribution in [0.4, 0.5) is 11.4 Å². The molecule has 0 heterocycles. The molecule has 0 aliphatic carbocycles. The van der Waals surface area contributed by atoms with Crippen molar-refractivity contribution >= 4 is 23.1 Å². The van der Waals surface area contributed by atoms with Gasteiger partial charge in [-0.15, -0.1) is 0 Å². The molecule has 0 aromatic heterocycles. The van der Waals surface area contributed by atoms with Crippen LogP contribution in [0.2, 0.25) is 0 Å². The van der Waals surface area contributed by atoms with Crippen LogP contribution >= 0.6 is 11.8 Å². The SMILES string of the molecule is COc1cc(N(C)C(C)CCSC)ccc1N. The zero-order valence-electron chi connectivity index (χ0n) is 11.1.